The molecule has 0 radical (unpaired) electrons. The molecule has 0 N–H and O–H groups in total. The van der Waals surface area contributed by atoms with E-state index in [2.05, 4.69) is 15.9 Å². The average Bonchev–Trinajstić information content (AvgIpc) is 2.74. The van der Waals surface area contributed by atoms with E-state index in [1.54, 1.807) is 17.0 Å². The summed E-state index contributed by atoms with van der Waals surface area (Å²) in [5, 5.41) is -0.540. The van der Waals surface area contributed by atoms with E-state index in [-0.39, 0.29) is 18.2 Å². The highest BCUT2D eigenvalue weighted by molar-refractivity contribution is 9.10. The zero-order valence-electron chi connectivity index (χ0n) is 13.1. The molecule has 1 unspecified atom stereocenters. The summed E-state index contributed by atoms with van der Waals surface area (Å²) in [5.74, 6) is -0.124. The molecule has 24 heavy (non-hydrogen) atoms. The van der Waals surface area contributed by atoms with Crippen molar-refractivity contribution in [3.63, 3.8) is 0 Å². The minimum Gasteiger partial charge on any atom is -0.338 e. The first-order valence-electron chi connectivity index (χ1n) is 7.79. The lowest BCUT2D eigenvalue weighted by Gasteiger charge is -2.20. The van der Waals surface area contributed by atoms with E-state index in [0.717, 1.165) is 10.0 Å². The first kappa shape index (κ1) is 17.2. The largest absolute Gasteiger partial charge is 0.338 e. The van der Waals surface area contributed by atoms with E-state index in [4.69, 9.17) is 0 Å². The number of carbonyl (C=O) groups is 1. The predicted molar refractivity (Wildman–Crippen MR) is 97.6 cm³/mol. The minimum atomic E-state index is -3.27. The summed E-state index contributed by atoms with van der Waals surface area (Å²) in [6.07, 6.45) is 0.425. The Labute approximate surface area is 150 Å². The van der Waals surface area contributed by atoms with Gasteiger partial charge in [-0.2, -0.15) is 0 Å². The van der Waals surface area contributed by atoms with Crippen LogP contribution in [-0.4, -0.2) is 38.1 Å². The molecule has 0 spiro atoms. The Bertz CT molecular complexity index is 819. The van der Waals surface area contributed by atoms with Gasteiger partial charge in [-0.25, -0.2) is 8.42 Å². The number of rotatable bonds is 2. The summed E-state index contributed by atoms with van der Waals surface area (Å²) in [6.45, 7) is 0.675. The van der Waals surface area contributed by atoms with Gasteiger partial charge in [-0.05, 0) is 36.2 Å². The molecule has 1 saturated heterocycles. The number of carbonyl (C=O) groups excluding carboxylic acids is 1. The lowest BCUT2D eigenvalue weighted by Crippen LogP contribution is -2.33. The lowest BCUT2D eigenvalue weighted by atomic mass is 10.1. The standard InChI is InChI=1S/C18H18BrNO3S/c19-16-8-6-15(7-9-16)18(21)20-11-10-17(24(22,23)13-12-20)14-4-2-1-3-5-14/h1-9,17H,10-13H2. The van der Waals surface area contributed by atoms with Gasteiger partial charge in [0.05, 0.1) is 11.0 Å². The van der Waals surface area contributed by atoms with E-state index in [1.807, 2.05) is 42.5 Å². The molecule has 1 atom stereocenters. The summed E-state index contributed by atoms with van der Waals surface area (Å²) >= 11 is 3.35. The van der Waals surface area contributed by atoms with Crippen LogP contribution in [0.1, 0.15) is 27.6 Å². The molecule has 1 aliphatic rings. The maximum Gasteiger partial charge on any atom is 0.253 e. The molecule has 2 aromatic carbocycles. The molecule has 0 bridgehead atoms. The second-order valence-electron chi connectivity index (χ2n) is 5.85. The van der Waals surface area contributed by atoms with Crippen LogP contribution in [0, 0.1) is 0 Å². The number of halogens is 1. The number of nitrogens with zero attached hydrogens (tertiary/aromatic N) is 1. The fourth-order valence-electron chi connectivity index (χ4n) is 2.96. The van der Waals surface area contributed by atoms with Gasteiger partial charge in [0.2, 0.25) is 0 Å². The number of hydrogen-bond acceptors (Lipinski definition) is 3. The minimum absolute atomic E-state index is 0.00513. The summed E-state index contributed by atoms with van der Waals surface area (Å²) in [7, 11) is -3.27. The Morgan fingerprint density at radius 1 is 1.00 bits per heavy atom. The molecule has 0 aliphatic carbocycles. The van der Waals surface area contributed by atoms with Gasteiger partial charge < -0.3 is 4.90 Å². The van der Waals surface area contributed by atoms with Crippen LogP contribution in [0.15, 0.2) is 59.1 Å². The topological polar surface area (TPSA) is 54.5 Å². The molecule has 4 nitrogen and oxygen atoms in total. The molecule has 1 heterocycles. The third-order valence-electron chi connectivity index (χ3n) is 4.29. The smallest absolute Gasteiger partial charge is 0.253 e. The van der Waals surface area contributed by atoms with Crippen molar-refractivity contribution in [2.75, 3.05) is 18.8 Å². The Balaban J connectivity index is 1.81. The van der Waals surface area contributed by atoms with Gasteiger partial charge in [-0.1, -0.05) is 46.3 Å². The van der Waals surface area contributed by atoms with Gasteiger partial charge in [0.1, 0.15) is 0 Å². The Morgan fingerprint density at radius 2 is 1.67 bits per heavy atom. The van der Waals surface area contributed by atoms with Gasteiger partial charge in [-0.15, -0.1) is 0 Å². The molecule has 0 saturated carbocycles. The number of amides is 1. The SMILES string of the molecule is O=C(c1ccc(Br)cc1)N1CCC(c2ccccc2)S(=O)(=O)CC1. The second-order valence-corrected chi connectivity index (χ2v) is 9.07. The molecule has 6 heteroatoms. The maximum atomic E-state index is 12.6. The Morgan fingerprint density at radius 3 is 2.33 bits per heavy atom. The molecular weight excluding hydrogens is 390 g/mol. The van der Waals surface area contributed by atoms with Crippen LogP contribution in [0.2, 0.25) is 0 Å². The van der Waals surface area contributed by atoms with Crippen LogP contribution in [0.5, 0.6) is 0 Å². The van der Waals surface area contributed by atoms with Crippen LogP contribution in [-0.2, 0) is 9.84 Å². The highest BCUT2D eigenvalue weighted by atomic mass is 79.9. The van der Waals surface area contributed by atoms with Crippen molar-refractivity contribution in [3.8, 4) is 0 Å². The van der Waals surface area contributed by atoms with Crippen molar-refractivity contribution in [3.05, 3.63) is 70.2 Å². The van der Waals surface area contributed by atoms with Crippen molar-refractivity contribution in [1.29, 1.82) is 0 Å². The molecule has 1 amide bonds. The van der Waals surface area contributed by atoms with Gasteiger partial charge >= 0.3 is 0 Å². The number of benzene rings is 2. The van der Waals surface area contributed by atoms with Crippen molar-refractivity contribution >= 4 is 31.7 Å². The lowest BCUT2D eigenvalue weighted by molar-refractivity contribution is 0.0766. The summed E-state index contributed by atoms with van der Waals surface area (Å²) in [6, 6.07) is 16.4. The monoisotopic (exact) mass is 407 g/mol. The number of sulfone groups is 1. The van der Waals surface area contributed by atoms with Gasteiger partial charge in [0.15, 0.2) is 9.84 Å². The van der Waals surface area contributed by atoms with Gasteiger partial charge in [0, 0.05) is 23.1 Å². The summed E-state index contributed by atoms with van der Waals surface area (Å²) in [5.41, 5.74) is 1.38. The fourth-order valence-corrected chi connectivity index (χ4v) is 5.02. The van der Waals surface area contributed by atoms with E-state index in [0.29, 0.717) is 18.5 Å². The van der Waals surface area contributed by atoms with Crippen molar-refractivity contribution in [2.24, 2.45) is 0 Å². The zero-order chi connectivity index (χ0) is 17.2. The highest BCUT2D eigenvalue weighted by Gasteiger charge is 2.32. The Hall–Kier alpha value is -1.66. The molecule has 126 valence electrons. The van der Waals surface area contributed by atoms with Crippen LogP contribution in [0.4, 0.5) is 0 Å². The summed E-state index contributed by atoms with van der Waals surface area (Å²) < 4.78 is 26.1. The first-order valence-corrected chi connectivity index (χ1v) is 10.3. The van der Waals surface area contributed by atoms with Crippen LogP contribution in [0.3, 0.4) is 0 Å². The van der Waals surface area contributed by atoms with E-state index in [9.17, 15) is 13.2 Å². The second kappa shape index (κ2) is 7.07. The van der Waals surface area contributed by atoms with Crippen molar-refractivity contribution < 1.29 is 13.2 Å². The summed E-state index contributed by atoms with van der Waals surface area (Å²) in [4.78, 5) is 14.3. The van der Waals surface area contributed by atoms with E-state index >= 15 is 0 Å². The predicted octanol–water partition coefficient (Wildman–Crippen LogP) is 3.45. The third-order valence-corrected chi connectivity index (χ3v) is 6.95. The molecular formula is C18H18BrNO3S. The highest BCUT2D eigenvalue weighted by Crippen LogP contribution is 2.29. The third kappa shape index (κ3) is 3.70. The van der Waals surface area contributed by atoms with Crippen molar-refractivity contribution in [1.82, 2.24) is 4.90 Å². The fraction of sp³-hybridized carbons (Fsp3) is 0.278. The quantitative estimate of drug-likeness (QED) is 0.765. The van der Waals surface area contributed by atoms with E-state index in [1.165, 1.54) is 0 Å². The Kier molecular flexibility index (Phi) is 5.06. The maximum absolute atomic E-state index is 12.6. The zero-order valence-corrected chi connectivity index (χ0v) is 15.5. The van der Waals surface area contributed by atoms with Crippen molar-refractivity contribution in [2.45, 2.75) is 11.7 Å². The molecule has 0 aromatic heterocycles. The van der Waals surface area contributed by atoms with Crippen LogP contribution in [0.25, 0.3) is 0 Å². The van der Waals surface area contributed by atoms with Crippen LogP contribution < -0.4 is 0 Å². The van der Waals surface area contributed by atoms with Gasteiger partial charge in [-0.3, -0.25) is 4.79 Å². The van der Waals surface area contributed by atoms with E-state index < -0.39 is 15.1 Å². The van der Waals surface area contributed by atoms with Gasteiger partial charge in [0.25, 0.3) is 5.91 Å². The molecule has 3 rings (SSSR count). The average molecular weight is 408 g/mol. The molecule has 2 aromatic rings. The van der Waals surface area contributed by atoms with Crippen LogP contribution >= 0.6 is 15.9 Å². The first-order chi connectivity index (χ1) is 11.5. The molecule has 1 fully saturated rings. The normalized spacial score (nSPS) is 20.4. The molecule has 1 aliphatic heterocycles. The number of hydrogen-bond donors (Lipinski definition) is 0.